The molecule has 0 spiro atoms. The number of ether oxygens (including phenoxy) is 2. The van der Waals surface area contributed by atoms with Gasteiger partial charge in [-0.2, -0.15) is 0 Å². The van der Waals surface area contributed by atoms with Gasteiger partial charge in [-0.05, 0) is 26.7 Å². The standard InChI is InChI=1S/C12H20N2O2/c1-3-15-10(2)12-13-6-7-14(12)9-11-5-4-8-16-11/h6-7,10-11H,3-5,8-9H2,1-2H3/t10-,11-/m0/s1. The van der Waals surface area contributed by atoms with Gasteiger partial charge in [0.1, 0.15) is 11.9 Å². The van der Waals surface area contributed by atoms with Crippen LogP contribution in [-0.2, 0) is 16.0 Å². The molecule has 0 radical (unpaired) electrons. The van der Waals surface area contributed by atoms with Crippen molar-refractivity contribution >= 4 is 0 Å². The normalized spacial score (nSPS) is 22.5. The van der Waals surface area contributed by atoms with Crippen molar-refractivity contribution in [1.29, 1.82) is 0 Å². The van der Waals surface area contributed by atoms with E-state index in [-0.39, 0.29) is 6.10 Å². The largest absolute Gasteiger partial charge is 0.376 e. The van der Waals surface area contributed by atoms with Crippen LogP contribution < -0.4 is 0 Å². The molecule has 0 amide bonds. The Morgan fingerprint density at radius 3 is 3.25 bits per heavy atom. The van der Waals surface area contributed by atoms with Gasteiger partial charge in [-0.1, -0.05) is 0 Å². The van der Waals surface area contributed by atoms with Crippen LogP contribution in [0.3, 0.4) is 0 Å². The highest BCUT2D eigenvalue weighted by molar-refractivity contribution is 4.96. The fraction of sp³-hybridized carbons (Fsp3) is 0.750. The molecule has 0 aromatic carbocycles. The van der Waals surface area contributed by atoms with Crippen LogP contribution in [0.5, 0.6) is 0 Å². The van der Waals surface area contributed by atoms with Crippen LogP contribution in [-0.4, -0.2) is 28.9 Å². The summed E-state index contributed by atoms with van der Waals surface area (Å²) in [5, 5.41) is 0. The Kier molecular flexibility index (Phi) is 3.96. The zero-order valence-electron chi connectivity index (χ0n) is 10.1. The van der Waals surface area contributed by atoms with Crippen molar-refractivity contribution in [1.82, 2.24) is 9.55 Å². The highest BCUT2D eigenvalue weighted by Crippen LogP contribution is 2.19. The SMILES string of the molecule is CCO[C@@H](C)c1nccn1C[C@@H]1CCCO1. The summed E-state index contributed by atoms with van der Waals surface area (Å²) in [5.41, 5.74) is 0. The molecule has 0 saturated carbocycles. The van der Waals surface area contributed by atoms with E-state index in [1.807, 2.05) is 26.2 Å². The minimum Gasteiger partial charge on any atom is -0.376 e. The summed E-state index contributed by atoms with van der Waals surface area (Å²) in [6.45, 7) is 6.55. The molecule has 1 aliphatic heterocycles. The van der Waals surface area contributed by atoms with Crippen molar-refractivity contribution in [3.05, 3.63) is 18.2 Å². The van der Waals surface area contributed by atoms with Crippen molar-refractivity contribution in [2.75, 3.05) is 13.2 Å². The number of aromatic nitrogens is 2. The molecule has 1 aliphatic rings. The van der Waals surface area contributed by atoms with Crippen molar-refractivity contribution in [2.45, 2.75) is 45.4 Å². The molecule has 2 atom stereocenters. The Balaban J connectivity index is 2.00. The first-order valence-electron chi connectivity index (χ1n) is 6.05. The fourth-order valence-corrected chi connectivity index (χ4v) is 2.17. The monoisotopic (exact) mass is 224 g/mol. The molecule has 1 aromatic rings. The molecule has 4 heteroatoms. The first-order chi connectivity index (χ1) is 7.81. The zero-order chi connectivity index (χ0) is 11.4. The van der Waals surface area contributed by atoms with Crippen molar-refractivity contribution < 1.29 is 9.47 Å². The second kappa shape index (κ2) is 5.46. The van der Waals surface area contributed by atoms with Crippen molar-refractivity contribution in [3.8, 4) is 0 Å². The summed E-state index contributed by atoms with van der Waals surface area (Å²) in [6, 6.07) is 0. The summed E-state index contributed by atoms with van der Waals surface area (Å²) in [7, 11) is 0. The van der Waals surface area contributed by atoms with Gasteiger partial charge in [0.2, 0.25) is 0 Å². The van der Waals surface area contributed by atoms with Gasteiger partial charge < -0.3 is 14.0 Å². The molecule has 0 N–H and O–H groups in total. The third kappa shape index (κ3) is 2.62. The van der Waals surface area contributed by atoms with Gasteiger partial charge in [-0.15, -0.1) is 0 Å². The smallest absolute Gasteiger partial charge is 0.137 e. The summed E-state index contributed by atoms with van der Waals surface area (Å²) >= 11 is 0. The molecule has 2 rings (SSSR count). The number of imidazole rings is 1. The van der Waals surface area contributed by atoms with E-state index in [1.54, 1.807) is 0 Å². The third-order valence-electron chi connectivity index (χ3n) is 2.95. The summed E-state index contributed by atoms with van der Waals surface area (Å²) in [5.74, 6) is 0.998. The molecule has 16 heavy (non-hydrogen) atoms. The van der Waals surface area contributed by atoms with Crippen LogP contribution in [0, 0.1) is 0 Å². The van der Waals surface area contributed by atoms with E-state index in [9.17, 15) is 0 Å². The maximum absolute atomic E-state index is 5.63. The quantitative estimate of drug-likeness (QED) is 0.769. The highest BCUT2D eigenvalue weighted by atomic mass is 16.5. The van der Waals surface area contributed by atoms with Crippen molar-refractivity contribution in [3.63, 3.8) is 0 Å². The Morgan fingerprint density at radius 1 is 1.69 bits per heavy atom. The first-order valence-corrected chi connectivity index (χ1v) is 6.05. The van der Waals surface area contributed by atoms with Crippen LogP contribution in [0.4, 0.5) is 0 Å². The second-order valence-electron chi connectivity index (χ2n) is 4.17. The van der Waals surface area contributed by atoms with Gasteiger partial charge in [0.05, 0.1) is 12.6 Å². The van der Waals surface area contributed by atoms with E-state index >= 15 is 0 Å². The summed E-state index contributed by atoms with van der Waals surface area (Å²) in [6.07, 6.45) is 6.58. The van der Waals surface area contributed by atoms with E-state index in [1.165, 1.54) is 6.42 Å². The van der Waals surface area contributed by atoms with Gasteiger partial charge in [0, 0.05) is 25.6 Å². The van der Waals surface area contributed by atoms with Crippen molar-refractivity contribution in [2.24, 2.45) is 0 Å². The minimum atomic E-state index is 0.0569. The average molecular weight is 224 g/mol. The Labute approximate surface area is 96.6 Å². The average Bonchev–Trinajstić information content (AvgIpc) is 2.90. The van der Waals surface area contributed by atoms with Gasteiger partial charge >= 0.3 is 0 Å². The van der Waals surface area contributed by atoms with Gasteiger partial charge in [0.15, 0.2) is 0 Å². The lowest BCUT2D eigenvalue weighted by Gasteiger charge is -2.16. The van der Waals surface area contributed by atoms with Gasteiger partial charge in [0.25, 0.3) is 0 Å². The number of hydrogen-bond acceptors (Lipinski definition) is 3. The van der Waals surface area contributed by atoms with Crippen LogP contribution in [0.15, 0.2) is 12.4 Å². The molecule has 90 valence electrons. The molecule has 1 fully saturated rings. The molecular weight excluding hydrogens is 204 g/mol. The Morgan fingerprint density at radius 2 is 2.56 bits per heavy atom. The number of nitrogens with zero attached hydrogens (tertiary/aromatic N) is 2. The predicted molar refractivity (Wildman–Crippen MR) is 61.2 cm³/mol. The molecule has 0 aliphatic carbocycles. The maximum atomic E-state index is 5.63. The van der Waals surface area contributed by atoms with E-state index in [0.717, 1.165) is 25.4 Å². The zero-order valence-corrected chi connectivity index (χ0v) is 10.1. The molecule has 2 heterocycles. The molecule has 0 unspecified atom stereocenters. The van der Waals surface area contributed by atoms with E-state index in [2.05, 4.69) is 9.55 Å². The minimum absolute atomic E-state index is 0.0569. The van der Waals surface area contributed by atoms with E-state index < -0.39 is 0 Å². The first kappa shape index (κ1) is 11.6. The summed E-state index contributed by atoms with van der Waals surface area (Å²) < 4.78 is 13.3. The number of hydrogen-bond donors (Lipinski definition) is 0. The fourth-order valence-electron chi connectivity index (χ4n) is 2.17. The third-order valence-corrected chi connectivity index (χ3v) is 2.95. The Bertz CT molecular complexity index is 319. The Hall–Kier alpha value is -0.870. The molecule has 4 nitrogen and oxygen atoms in total. The topological polar surface area (TPSA) is 36.3 Å². The van der Waals surface area contributed by atoms with E-state index in [0.29, 0.717) is 12.7 Å². The lowest BCUT2D eigenvalue weighted by atomic mass is 10.2. The highest BCUT2D eigenvalue weighted by Gasteiger charge is 2.19. The molecular formula is C12H20N2O2. The molecule has 1 aromatic heterocycles. The lowest BCUT2D eigenvalue weighted by molar-refractivity contribution is 0.0609. The van der Waals surface area contributed by atoms with Gasteiger partial charge in [-0.3, -0.25) is 0 Å². The van der Waals surface area contributed by atoms with Crippen LogP contribution in [0.1, 0.15) is 38.6 Å². The molecule has 0 bridgehead atoms. The van der Waals surface area contributed by atoms with Gasteiger partial charge in [-0.25, -0.2) is 4.98 Å². The maximum Gasteiger partial charge on any atom is 0.137 e. The lowest BCUT2D eigenvalue weighted by Crippen LogP contribution is -2.18. The van der Waals surface area contributed by atoms with E-state index in [4.69, 9.17) is 9.47 Å². The van der Waals surface area contributed by atoms with Crippen LogP contribution in [0.2, 0.25) is 0 Å². The molecule has 1 saturated heterocycles. The predicted octanol–water partition coefficient (Wildman–Crippen LogP) is 2.16. The number of rotatable bonds is 5. The van der Waals surface area contributed by atoms with Crippen LogP contribution >= 0.6 is 0 Å². The second-order valence-corrected chi connectivity index (χ2v) is 4.17. The summed E-state index contributed by atoms with van der Waals surface area (Å²) in [4.78, 5) is 4.36. The van der Waals surface area contributed by atoms with Crippen LogP contribution in [0.25, 0.3) is 0 Å².